The highest BCUT2D eigenvalue weighted by Crippen LogP contribution is 2.45. The van der Waals surface area contributed by atoms with Gasteiger partial charge in [0.05, 0.1) is 17.1 Å². The molecule has 15 heteroatoms. The number of amides is 3. The number of hydrogen-bond acceptors (Lipinski definition) is 9. The summed E-state index contributed by atoms with van der Waals surface area (Å²) in [7, 11) is 0. The molecule has 0 bridgehead atoms. The first-order valence-corrected chi connectivity index (χ1v) is 16.8. The highest BCUT2D eigenvalue weighted by atomic mass is 79.9. The number of alkyl carbamates (subject to hydrolysis) is 1. The lowest BCUT2D eigenvalue weighted by Gasteiger charge is -2.30. The largest absolute Gasteiger partial charge is 0.493 e. The zero-order chi connectivity index (χ0) is 33.9. The lowest BCUT2D eigenvalue weighted by molar-refractivity contribution is -0.145. The van der Waals surface area contributed by atoms with Crippen LogP contribution in [0.4, 0.5) is 4.79 Å². The molecule has 1 saturated heterocycles. The number of allylic oxidation sites excluding steroid dienone is 1. The molecule has 0 radical (unpaired) electrons. The number of aromatic nitrogens is 4. The van der Waals surface area contributed by atoms with E-state index in [0.29, 0.717) is 36.6 Å². The molecular weight excluding hydrogens is 674 g/mol. The lowest BCUT2D eigenvalue weighted by atomic mass is 10.0. The normalized spacial score (nSPS) is 27.4. The zero-order valence-electron chi connectivity index (χ0n) is 27.1. The molecule has 2 fully saturated rings. The molecule has 1 aromatic carbocycles. The van der Waals surface area contributed by atoms with Crippen LogP contribution in [0.5, 0.6) is 5.75 Å². The van der Waals surface area contributed by atoms with Crippen LogP contribution in [0.15, 0.2) is 34.8 Å². The number of halogens is 1. The molecule has 3 amide bonds. The average Bonchev–Trinajstić information content (AvgIpc) is 3.32. The monoisotopic (exact) mass is 715 g/mol. The molecule has 2 aromatic rings. The second-order valence-corrected chi connectivity index (χ2v) is 14.1. The van der Waals surface area contributed by atoms with E-state index in [4.69, 9.17) is 9.47 Å². The molecule has 254 valence electrons. The molecular formula is C32H42BrN7O7. The molecule has 14 nitrogen and oxygen atoms in total. The summed E-state index contributed by atoms with van der Waals surface area (Å²) in [6.07, 6.45) is 6.85. The Labute approximate surface area is 281 Å². The second-order valence-electron chi connectivity index (χ2n) is 13.2. The van der Waals surface area contributed by atoms with Crippen LogP contribution in [-0.2, 0) is 19.1 Å². The van der Waals surface area contributed by atoms with E-state index in [1.54, 1.807) is 26.8 Å². The predicted molar refractivity (Wildman–Crippen MR) is 173 cm³/mol. The molecule has 2 aliphatic heterocycles. The third-order valence-electron chi connectivity index (χ3n) is 8.57. The molecule has 5 atom stereocenters. The summed E-state index contributed by atoms with van der Waals surface area (Å²) in [6, 6.07) is 2.90. The number of carboxylic acid groups (broad SMARTS) is 1. The summed E-state index contributed by atoms with van der Waals surface area (Å²) in [6.45, 7) is 7.66. The van der Waals surface area contributed by atoms with Gasteiger partial charge in [-0.05, 0) is 92.7 Å². The molecule has 0 spiro atoms. The van der Waals surface area contributed by atoms with Gasteiger partial charge < -0.3 is 30.1 Å². The van der Waals surface area contributed by atoms with Crippen molar-refractivity contribution >= 4 is 39.8 Å². The van der Waals surface area contributed by atoms with Crippen LogP contribution in [-0.4, -0.2) is 90.5 Å². The number of nitrogens with one attached hydrogen (secondary N) is 2. The number of ether oxygens (including phenoxy) is 2. The number of carbonyl (C=O) groups is 4. The fraction of sp³-hybridized carbons (Fsp3) is 0.594. The topological polar surface area (TPSA) is 178 Å². The molecule has 3 aliphatic rings. The summed E-state index contributed by atoms with van der Waals surface area (Å²) < 4.78 is 11.8. The van der Waals surface area contributed by atoms with E-state index in [1.807, 2.05) is 31.2 Å². The van der Waals surface area contributed by atoms with E-state index in [0.717, 1.165) is 23.7 Å². The van der Waals surface area contributed by atoms with Gasteiger partial charge in [0.25, 0.3) is 0 Å². The maximum atomic E-state index is 14.2. The number of carboxylic acids is 1. The summed E-state index contributed by atoms with van der Waals surface area (Å²) in [5, 5.41) is 28.7. The molecule has 1 saturated carbocycles. The molecule has 1 aromatic heterocycles. The lowest BCUT2D eigenvalue weighted by Crippen LogP contribution is -2.56. The fourth-order valence-corrected chi connectivity index (χ4v) is 6.60. The molecule has 1 aliphatic carbocycles. The van der Waals surface area contributed by atoms with E-state index in [1.165, 1.54) is 9.70 Å². The maximum absolute atomic E-state index is 14.2. The van der Waals surface area contributed by atoms with Crippen molar-refractivity contribution in [1.82, 2.24) is 35.7 Å². The van der Waals surface area contributed by atoms with Crippen LogP contribution in [0.2, 0.25) is 0 Å². The van der Waals surface area contributed by atoms with Gasteiger partial charge in [0.2, 0.25) is 17.6 Å². The smallest absolute Gasteiger partial charge is 0.408 e. The minimum Gasteiger partial charge on any atom is -0.493 e. The Balaban J connectivity index is 1.44. The first-order valence-electron chi connectivity index (χ1n) is 16.1. The van der Waals surface area contributed by atoms with Crippen molar-refractivity contribution in [1.29, 1.82) is 0 Å². The number of benzene rings is 1. The van der Waals surface area contributed by atoms with Crippen molar-refractivity contribution in [3.8, 4) is 17.1 Å². The van der Waals surface area contributed by atoms with Gasteiger partial charge in [-0.15, -0.1) is 10.2 Å². The van der Waals surface area contributed by atoms with Crippen molar-refractivity contribution in [3.05, 3.63) is 34.8 Å². The highest BCUT2D eigenvalue weighted by Gasteiger charge is 2.61. The highest BCUT2D eigenvalue weighted by molar-refractivity contribution is 9.10. The average molecular weight is 717 g/mol. The fourth-order valence-electron chi connectivity index (χ4n) is 6.10. The van der Waals surface area contributed by atoms with Crippen molar-refractivity contribution in [3.63, 3.8) is 0 Å². The first-order chi connectivity index (χ1) is 22.3. The SMILES string of the molecule is CCOc1ccc(-c2nnn([C@@H]3C[C@H]4C(=O)N[C@]5(C(=O)O)C[C@@H]5/C=C\CCCCC[C@H](NC(=O)OC(C)(C)C)C(=O)N4C3)n2)cc1Br. The van der Waals surface area contributed by atoms with E-state index < -0.39 is 53.1 Å². The number of tetrazole rings is 1. The minimum absolute atomic E-state index is 0.0512. The summed E-state index contributed by atoms with van der Waals surface area (Å²) in [5.41, 5.74) is -1.53. The molecule has 5 rings (SSSR count). The Morgan fingerprint density at radius 1 is 1.21 bits per heavy atom. The molecule has 3 heterocycles. The third-order valence-corrected chi connectivity index (χ3v) is 9.19. The van der Waals surface area contributed by atoms with E-state index in [9.17, 15) is 24.3 Å². The maximum Gasteiger partial charge on any atom is 0.408 e. The number of hydrogen-bond donors (Lipinski definition) is 3. The molecule has 47 heavy (non-hydrogen) atoms. The predicted octanol–water partition coefficient (Wildman–Crippen LogP) is 4.02. The van der Waals surface area contributed by atoms with Crippen LogP contribution in [0, 0.1) is 5.92 Å². The standard InChI is InChI=1S/C32H42BrN7O7/c1-5-46-25-14-13-19(15-22(25)33)26-36-38-40(37-26)21-16-24-27(41)35-32(29(43)44)17-20(32)11-9-7-6-8-10-12-23(28(42)39(24)18-21)34-30(45)47-31(2,3)4/h9,11,13-15,20-21,23-24H,5-8,10,12,16-18H2,1-4H3,(H,34,45)(H,35,41)(H,43,44)/b11-9-/t20-,21+,23-,24-,32+/m0/s1. The summed E-state index contributed by atoms with van der Waals surface area (Å²) in [5.74, 6) is -1.48. The van der Waals surface area contributed by atoms with Crippen molar-refractivity contribution < 1.29 is 33.8 Å². The van der Waals surface area contributed by atoms with E-state index in [-0.39, 0.29) is 25.3 Å². The number of nitrogens with zero attached hydrogens (tertiary/aromatic N) is 5. The van der Waals surface area contributed by atoms with Crippen LogP contribution in [0.1, 0.15) is 78.7 Å². The van der Waals surface area contributed by atoms with E-state index >= 15 is 0 Å². The molecule has 3 N–H and O–H groups in total. The third kappa shape index (κ3) is 7.94. The van der Waals surface area contributed by atoms with Gasteiger partial charge in [-0.25, -0.2) is 9.59 Å². The van der Waals surface area contributed by atoms with Gasteiger partial charge in [0.1, 0.15) is 29.0 Å². The first kappa shape index (κ1) is 34.3. The Morgan fingerprint density at radius 2 is 2.00 bits per heavy atom. The Hall–Kier alpha value is -4.01. The van der Waals surface area contributed by atoms with Crippen LogP contribution in [0.3, 0.4) is 0 Å². The number of rotatable bonds is 6. The number of aliphatic carboxylic acids is 1. The Bertz CT molecular complexity index is 1540. The Morgan fingerprint density at radius 3 is 2.70 bits per heavy atom. The Kier molecular flexibility index (Phi) is 10.2. The van der Waals surface area contributed by atoms with E-state index in [2.05, 4.69) is 42.0 Å². The zero-order valence-corrected chi connectivity index (χ0v) is 28.7. The van der Waals surface area contributed by atoms with Gasteiger partial charge in [-0.1, -0.05) is 25.0 Å². The summed E-state index contributed by atoms with van der Waals surface area (Å²) >= 11 is 3.51. The minimum atomic E-state index is -1.44. The van der Waals surface area contributed by atoms with Crippen LogP contribution in [0.25, 0.3) is 11.4 Å². The quantitative estimate of drug-likeness (QED) is 0.370. The van der Waals surface area contributed by atoms with Crippen molar-refractivity contribution in [2.45, 2.75) is 102 Å². The molecule has 0 unspecified atom stereocenters. The summed E-state index contributed by atoms with van der Waals surface area (Å²) in [4.78, 5) is 56.1. The van der Waals surface area contributed by atoms with Gasteiger partial charge in [-0.2, -0.15) is 4.80 Å². The second kappa shape index (κ2) is 14.0. The number of carbonyl (C=O) groups excluding carboxylic acids is 3. The van der Waals surface area contributed by atoms with Crippen molar-refractivity contribution in [2.75, 3.05) is 13.2 Å². The van der Waals surface area contributed by atoms with Gasteiger partial charge in [0.15, 0.2) is 0 Å². The van der Waals surface area contributed by atoms with Crippen LogP contribution < -0.4 is 15.4 Å². The van der Waals surface area contributed by atoms with Gasteiger partial charge >= 0.3 is 12.1 Å². The van der Waals surface area contributed by atoms with Gasteiger partial charge in [0, 0.05) is 24.4 Å². The van der Waals surface area contributed by atoms with Crippen LogP contribution >= 0.6 is 15.9 Å². The van der Waals surface area contributed by atoms with Crippen molar-refractivity contribution in [2.24, 2.45) is 5.92 Å². The van der Waals surface area contributed by atoms with Gasteiger partial charge in [-0.3, -0.25) is 9.59 Å². The number of fused-ring (bicyclic) bond motifs is 2.